The van der Waals surface area contributed by atoms with Crippen molar-refractivity contribution in [3.63, 3.8) is 0 Å². The Morgan fingerprint density at radius 3 is 0.875 bits per heavy atom. The summed E-state index contributed by atoms with van der Waals surface area (Å²) < 4.78 is 0. The fraction of sp³-hybridized carbons (Fsp3) is 0.875. The molecule has 2 aliphatic rings. The lowest BCUT2D eigenvalue weighted by atomic mass is 10.0. The van der Waals surface area contributed by atoms with Crippen LogP contribution in [0.4, 0.5) is 0 Å². The molecule has 40 heavy (non-hydrogen) atoms. The smallest absolute Gasteiger partial charge is 0.242 e. The van der Waals surface area contributed by atoms with Gasteiger partial charge >= 0.3 is 0 Å². The SMILES string of the molecule is CSC1CC(=O)N(CCCCCCCCCCCCCCCCCCCCCCN2C(=O)CC(SC)C2=O)C1=O. The Bertz CT molecular complexity index is 701. The lowest BCUT2D eigenvalue weighted by molar-refractivity contribution is -0.139. The minimum Gasteiger partial charge on any atom is -0.282 e. The number of hydrogen-bond acceptors (Lipinski definition) is 6. The average Bonchev–Trinajstić information content (AvgIpc) is 3.39. The molecule has 8 heteroatoms. The molecular formula is C32H56N2O4S2. The molecule has 0 bridgehead atoms. The van der Waals surface area contributed by atoms with Gasteiger partial charge in [0.25, 0.3) is 0 Å². The molecule has 6 nitrogen and oxygen atoms in total. The maximum atomic E-state index is 12.1. The number of carbonyl (C=O) groups is 4. The molecule has 0 spiro atoms. The summed E-state index contributed by atoms with van der Waals surface area (Å²) in [6.07, 6.45) is 30.0. The van der Waals surface area contributed by atoms with Crippen LogP contribution in [-0.4, -0.2) is 69.5 Å². The lowest BCUT2D eigenvalue weighted by Gasteiger charge is -2.14. The lowest BCUT2D eigenvalue weighted by Crippen LogP contribution is -2.32. The van der Waals surface area contributed by atoms with Gasteiger partial charge in [-0.3, -0.25) is 29.0 Å². The average molecular weight is 597 g/mol. The molecule has 0 saturated carbocycles. The summed E-state index contributed by atoms with van der Waals surface area (Å²) in [4.78, 5) is 51.0. The molecule has 4 amide bonds. The molecule has 0 aliphatic carbocycles. The van der Waals surface area contributed by atoms with Crippen LogP contribution in [0, 0.1) is 0 Å². The summed E-state index contributed by atoms with van der Waals surface area (Å²) in [5.74, 6) is 0.0773. The van der Waals surface area contributed by atoms with E-state index in [1.807, 2.05) is 12.5 Å². The zero-order chi connectivity index (χ0) is 29.0. The monoisotopic (exact) mass is 596 g/mol. The van der Waals surface area contributed by atoms with E-state index in [0.29, 0.717) is 25.9 Å². The van der Waals surface area contributed by atoms with Gasteiger partial charge in [-0.25, -0.2) is 0 Å². The minimum atomic E-state index is -0.144. The molecule has 0 radical (unpaired) electrons. The normalized spacial score (nSPS) is 19.6. The van der Waals surface area contributed by atoms with Gasteiger partial charge in [-0.15, -0.1) is 0 Å². The van der Waals surface area contributed by atoms with Gasteiger partial charge in [-0.1, -0.05) is 116 Å². The third-order valence-corrected chi connectivity index (χ3v) is 10.4. The number of amides is 4. The van der Waals surface area contributed by atoms with Crippen LogP contribution in [0.1, 0.15) is 141 Å². The van der Waals surface area contributed by atoms with E-state index < -0.39 is 0 Å². The number of nitrogens with zero attached hydrogens (tertiary/aromatic N) is 2. The quantitative estimate of drug-likeness (QED) is 0.0792. The molecule has 0 aromatic rings. The zero-order valence-corrected chi connectivity index (χ0v) is 27.1. The van der Waals surface area contributed by atoms with Gasteiger partial charge in [0.1, 0.15) is 0 Å². The maximum absolute atomic E-state index is 12.1. The van der Waals surface area contributed by atoms with Crippen LogP contribution in [0.15, 0.2) is 0 Å². The molecule has 2 fully saturated rings. The summed E-state index contributed by atoms with van der Waals surface area (Å²) in [5.41, 5.74) is 0. The first kappa shape index (κ1) is 35.2. The maximum Gasteiger partial charge on any atom is 0.242 e. The Labute approximate surface area is 252 Å². The van der Waals surface area contributed by atoms with E-state index in [2.05, 4.69) is 0 Å². The van der Waals surface area contributed by atoms with E-state index in [4.69, 9.17) is 0 Å². The molecule has 230 valence electrons. The topological polar surface area (TPSA) is 74.8 Å². The van der Waals surface area contributed by atoms with Gasteiger partial charge in [0.2, 0.25) is 23.6 Å². The van der Waals surface area contributed by atoms with Crippen LogP contribution < -0.4 is 0 Å². The molecule has 0 aromatic carbocycles. The van der Waals surface area contributed by atoms with Crippen molar-refractivity contribution in [3.8, 4) is 0 Å². The van der Waals surface area contributed by atoms with Crippen molar-refractivity contribution in [1.29, 1.82) is 0 Å². The van der Waals surface area contributed by atoms with Crippen LogP contribution in [0.2, 0.25) is 0 Å². The molecule has 0 aromatic heterocycles. The number of carbonyl (C=O) groups excluding carboxylic acids is 4. The minimum absolute atomic E-state index is 0.0156. The predicted molar refractivity (Wildman–Crippen MR) is 170 cm³/mol. The summed E-state index contributed by atoms with van der Waals surface area (Å²) in [7, 11) is 0. The number of hydrogen-bond donors (Lipinski definition) is 0. The Hall–Kier alpha value is -1.02. The summed E-state index contributed by atoms with van der Waals surface area (Å²) in [6, 6.07) is 0. The Morgan fingerprint density at radius 2 is 0.675 bits per heavy atom. The fourth-order valence-corrected chi connectivity index (χ4v) is 7.14. The molecule has 0 N–H and O–H groups in total. The van der Waals surface area contributed by atoms with Crippen molar-refractivity contribution >= 4 is 47.2 Å². The number of thioether (sulfide) groups is 2. The molecular weight excluding hydrogens is 540 g/mol. The molecule has 2 saturated heterocycles. The largest absolute Gasteiger partial charge is 0.282 e. The molecule has 2 rings (SSSR count). The third-order valence-electron chi connectivity index (χ3n) is 8.49. The van der Waals surface area contributed by atoms with Gasteiger partial charge in [-0.2, -0.15) is 23.5 Å². The second-order valence-electron chi connectivity index (χ2n) is 11.7. The van der Waals surface area contributed by atoms with Crippen molar-refractivity contribution in [2.45, 2.75) is 152 Å². The van der Waals surface area contributed by atoms with E-state index in [1.54, 1.807) is 0 Å². The van der Waals surface area contributed by atoms with Crippen molar-refractivity contribution in [3.05, 3.63) is 0 Å². The van der Waals surface area contributed by atoms with Crippen LogP contribution >= 0.6 is 23.5 Å². The van der Waals surface area contributed by atoms with Gasteiger partial charge < -0.3 is 0 Å². The Kier molecular flexibility index (Phi) is 19.0. The predicted octanol–water partition coefficient (Wildman–Crippen LogP) is 7.77. The highest BCUT2D eigenvalue weighted by molar-refractivity contribution is 8.00. The highest BCUT2D eigenvalue weighted by Gasteiger charge is 2.38. The summed E-state index contributed by atoms with van der Waals surface area (Å²) in [6.45, 7) is 1.23. The number of unbranched alkanes of at least 4 members (excludes halogenated alkanes) is 19. The van der Waals surface area contributed by atoms with E-state index in [1.165, 1.54) is 136 Å². The van der Waals surface area contributed by atoms with E-state index >= 15 is 0 Å². The molecule has 2 atom stereocenters. The van der Waals surface area contributed by atoms with E-state index in [0.717, 1.165) is 25.7 Å². The number of imide groups is 2. The van der Waals surface area contributed by atoms with Gasteiger partial charge in [-0.05, 0) is 25.4 Å². The Balaban J connectivity index is 1.24. The highest BCUT2D eigenvalue weighted by Crippen LogP contribution is 2.25. The van der Waals surface area contributed by atoms with Crippen molar-refractivity contribution < 1.29 is 19.2 Å². The molecule has 2 unspecified atom stereocenters. The van der Waals surface area contributed by atoms with E-state index in [-0.39, 0.29) is 34.1 Å². The van der Waals surface area contributed by atoms with Gasteiger partial charge in [0, 0.05) is 25.9 Å². The highest BCUT2D eigenvalue weighted by atomic mass is 32.2. The Morgan fingerprint density at radius 1 is 0.450 bits per heavy atom. The van der Waals surface area contributed by atoms with Crippen molar-refractivity contribution in [2.24, 2.45) is 0 Å². The van der Waals surface area contributed by atoms with Crippen molar-refractivity contribution in [2.75, 3.05) is 25.6 Å². The number of rotatable bonds is 25. The van der Waals surface area contributed by atoms with E-state index in [9.17, 15) is 19.2 Å². The van der Waals surface area contributed by atoms with Crippen molar-refractivity contribution in [1.82, 2.24) is 9.80 Å². The number of likely N-dealkylation sites (tertiary alicyclic amines) is 2. The second-order valence-corrected chi connectivity index (χ2v) is 13.8. The van der Waals surface area contributed by atoms with Gasteiger partial charge in [0.15, 0.2) is 0 Å². The molecule has 2 aliphatic heterocycles. The standard InChI is InChI=1S/C32H56N2O4S2/c1-39-27-25-29(35)33(31(27)37)23-21-19-17-15-13-11-9-7-5-3-4-6-8-10-12-14-16-18-20-22-24-34-30(36)26-28(40-2)32(34)38/h27-28H,3-26H2,1-2H3. The van der Waals surface area contributed by atoms with Crippen LogP contribution in [0.3, 0.4) is 0 Å². The van der Waals surface area contributed by atoms with Crippen LogP contribution in [0.25, 0.3) is 0 Å². The fourth-order valence-electron chi connectivity index (χ4n) is 5.87. The third kappa shape index (κ3) is 13.3. The molecule has 2 heterocycles. The van der Waals surface area contributed by atoms with Gasteiger partial charge in [0.05, 0.1) is 10.5 Å². The first-order valence-corrected chi connectivity index (χ1v) is 18.8. The first-order valence-electron chi connectivity index (χ1n) is 16.2. The zero-order valence-electron chi connectivity index (χ0n) is 25.5. The van der Waals surface area contributed by atoms with Crippen LogP contribution in [0.5, 0.6) is 0 Å². The van der Waals surface area contributed by atoms with Crippen LogP contribution in [-0.2, 0) is 19.2 Å². The summed E-state index contributed by atoms with van der Waals surface area (Å²) >= 11 is 2.99. The summed E-state index contributed by atoms with van der Waals surface area (Å²) in [5, 5.41) is -0.289. The second kappa shape index (κ2) is 21.6. The first-order chi connectivity index (χ1) is 19.5.